The maximum absolute atomic E-state index is 13.2. The summed E-state index contributed by atoms with van der Waals surface area (Å²) in [6.07, 6.45) is -5.34. The van der Waals surface area contributed by atoms with Crippen LogP contribution in [0.3, 0.4) is 0 Å². The molecule has 0 saturated carbocycles. The molecule has 11 heteroatoms. The summed E-state index contributed by atoms with van der Waals surface area (Å²) in [7, 11) is -3.71. The molecule has 3 rings (SSSR count). The number of rotatable bonds is 7. The Hall–Kier alpha value is -3.26. The molecule has 0 N–H and O–H groups in total. The number of carbonyl (C=O) groups excluding carboxylic acids is 1. The molecule has 1 fully saturated rings. The molecule has 0 radical (unpaired) electrons. The van der Waals surface area contributed by atoms with E-state index in [1.807, 2.05) is 6.07 Å². The molecule has 1 aliphatic rings. The first-order valence-corrected chi connectivity index (χ1v) is 12.3. The molecule has 1 saturated heterocycles. The predicted molar refractivity (Wildman–Crippen MR) is 116 cm³/mol. The SMILES string of the molecule is C[C@H](Oc1ccc(S(C)(=O)=O)cc1C(=O)N1CCC(COc2ccccc2C#N)C1)C(F)(F)F. The summed E-state index contributed by atoms with van der Waals surface area (Å²) in [5, 5.41) is 9.16. The van der Waals surface area contributed by atoms with E-state index in [2.05, 4.69) is 0 Å². The number of ether oxygens (including phenoxy) is 2. The summed E-state index contributed by atoms with van der Waals surface area (Å²) < 4.78 is 73.7. The molecule has 1 unspecified atom stereocenters. The van der Waals surface area contributed by atoms with Crippen LogP contribution in [0.25, 0.3) is 0 Å². The van der Waals surface area contributed by atoms with Crippen molar-refractivity contribution in [1.82, 2.24) is 4.90 Å². The van der Waals surface area contributed by atoms with Crippen LogP contribution in [-0.4, -0.2) is 57.5 Å². The smallest absolute Gasteiger partial charge is 0.425 e. The molecule has 2 aromatic rings. The van der Waals surface area contributed by atoms with E-state index in [4.69, 9.17) is 14.7 Å². The molecule has 0 aromatic heterocycles. The Morgan fingerprint density at radius 3 is 2.59 bits per heavy atom. The molecule has 1 amide bonds. The van der Waals surface area contributed by atoms with Gasteiger partial charge in [0.05, 0.1) is 22.6 Å². The van der Waals surface area contributed by atoms with Crippen LogP contribution < -0.4 is 9.47 Å². The van der Waals surface area contributed by atoms with Crippen molar-refractivity contribution in [2.45, 2.75) is 30.5 Å². The Labute approximate surface area is 195 Å². The largest absolute Gasteiger partial charge is 0.492 e. The number of sulfone groups is 1. The maximum Gasteiger partial charge on any atom is 0.425 e. The highest BCUT2D eigenvalue weighted by Gasteiger charge is 2.39. The lowest BCUT2D eigenvalue weighted by molar-refractivity contribution is -0.189. The highest BCUT2D eigenvalue weighted by atomic mass is 32.2. The molecule has 7 nitrogen and oxygen atoms in total. The highest BCUT2D eigenvalue weighted by molar-refractivity contribution is 7.90. The normalized spacial score (nSPS) is 17.2. The number of halogens is 3. The van der Waals surface area contributed by atoms with Gasteiger partial charge in [0.25, 0.3) is 5.91 Å². The summed E-state index contributed by atoms with van der Waals surface area (Å²) >= 11 is 0. The van der Waals surface area contributed by atoms with Gasteiger partial charge in [0, 0.05) is 25.3 Å². The van der Waals surface area contributed by atoms with Crippen LogP contribution in [0.4, 0.5) is 13.2 Å². The van der Waals surface area contributed by atoms with Gasteiger partial charge in [0.2, 0.25) is 0 Å². The number of carbonyl (C=O) groups is 1. The molecule has 34 heavy (non-hydrogen) atoms. The molecule has 0 spiro atoms. The summed E-state index contributed by atoms with van der Waals surface area (Å²) in [6.45, 7) is 1.61. The predicted octanol–water partition coefficient (Wildman–Crippen LogP) is 3.83. The van der Waals surface area contributed by atoms with E-state index in [9.17, 15) is 26.4 Å². The Morgan fingerprint density at radius 1 is 1.24 bits per heavy atom. The van der Waals surface area contributed by atoms with Crippen LogP contribution in [0, 0.1) is 17.2 Å². The van der Waals surface area contributed by atoms with E-state index in [1.54, 1.807) is 24.3 Å². The van der Waals surface area contributed by atoms with E-state index in [0.717, 1.165) is 31.4 Å². The molecule has 0 bridgehead atoms. The quantitative estimate of drug-likeness (QED) is 0.578. The second-order valence-corrected chi connectivity index (χ2v) is 10.1. The average molecular weight is 497 g/mol. The number of amides is 1. The molecular formula is C23H23F3N2O5S. The number of hydrogen-bond acceptors (Lipinski definition) is 6. The summed E-state index contributed by atoms with van der Waals surface area (Å²) in [5.74, 6) is -0.626. The number of benzene rings is 2. The summed E-state index contributed by atoms with van der Waals surface area (Å²) in [4.78, 5) is 14.4. The zero-order valence-electron chi connectivity index (χ0n) is 18.5. The van der Waals surface area contributed by atoms with Gasteiger partial charge in [-0.25, -0.2) is 8.42 Å². The van der Waals surface area contributed by atoms with E-state index in [-0.39, 0.29) is 35.3 Å². The third-order valence-electron chi connectivity index (χ3n) is 5.43. The minimum atomic E-state index is -4.66. The number of alkyl halides is 3. The lowest BCUT2D eigenvalue weighted by atomic mass is 10.1. The van der Waals surface area contributed by atoms with Crippen LogP contribution in [-0.2, 0) is 9.84 Å². The minimum absolute atomic E-state index is 0.0766. The number of hydrogen-bond donors (Lipinski definition) is 0. The Morgan fingerprint density at radius 2 is 1.94 bits per heavy atom. The molecule has 2 atom stereocenters. The van der Waals surface area contributed by atoms with Gasteiger partial charge < -0.3 is 14.4 Å². The van der Waals surface area contributed by atoms with Gasteiger partial charge in [-0.15, -0.1) is 0 Å². The number of para-hydroxylation sites is 1. The van der Waals surface area contributed by atoms with Crippen LogP contribution in [0.15, 0.2) is 47.4 Å². The third-order valence-corrected chi connectivity index (χ3v) is 6.54. The van der Waals surface area contributed by atoms with Gasteiger partial charge in [0.15, 0.2) is 15.9 Å². The van der Waals surface area contributed by atoms with Gasteiger partial charge in [-0.1, -0.05) is 12.1 Å². The Bertz CT molecular complexity index is 1210. The Balaban J connectivity index is 1.78. The topological polar surface area (TPSA) is 96.7 Å². The van der Waals surface area contributed by atoms with Gasteiger partial charge in [-0.05, 0) is 43.7 Å². The molecular weight excluding hydrogens is 473 g/mol. The fraction of sp³-hybridized carbons (Fsp3) is 0.391. The zero-order chi connectivity index (χ0) is 25.1. The zero-order valence-corrected chi connectivity index (χ0v) is 19.3. The van der Waals surface area contributed by atoms with E-state index in [1.165, 1.54) is 4.90 Å². The van der Waals surface area contributed by atoms with Crippen LogP contribution in [0.1, 0.15) is 29.3 Å². The van der Waals surface area contributed by atoms with Gasteiger partial charge in [-0.2, -0.15) is 18.4 Å². The minimum Gasteiger partial charge on any atom is -0.492 e. The van der Waals surface area contributed by atoms with Crippen molar-refractivity contribution < 1.29 is 35.9 Å². The van der Waals surface area contributed by atoms with E-state index >= 15 is 0 Å². The standard InChI is InChI=1S/C23H23F3N2O5S/c1-15(23(24,25)26)33-21-8-7-18(34(2,30)31)11-19(21)22(29)28-10-9-16(13-28)14-32-20-6-4-3-5-17(20)12-27/h3-8,11,15-16H,9-10,13-14H2,1-2H3/t15-,16?/m0/s1. The number of nitrogens with zero attached hydrogens (tertiary/aromatic N) is 2. The van der Waals surface area contributed by atoms with Crippen molar-refractivity contribution in [3.05, 3.63) is 53.6 Å². The molecule has 1 aliphatic heterocycles. The van der Waals surface area contributed by atoms with E-state index < -0.39 is 28.0 Å². The fourth-order valence-corrected chi connectivity index (χ4v) is 4.13. The van der Waals surface area contributed by atoms with Gasteiger partial charge in [-0.3, -0.25) is 4.79 Å². The van der Waals surface area contributed by atoms with Gasteiger partial charge >= 0.3 is 6.18 Å². The Kier molecular flexibility index (Phi) is 7.41. The summed E-state index contributed by atoms with van der Waals surface area (Å²) in [6, 6.07) is 12.0. The maximum atomic E-state index is 13.2. The van der Waals surface area contributed by atoms with E-state index in [0.29, 0.717) is 24.3 Å². The number of nitriles is 1. The second kappa shape index (κ2) is 9.93. The summed E-state index contributed by atoms with van der Waals surface area (Å²) in [5.41, 5.74) is 0.127. The molecule has 1 heterocycles. The van der Waals surface area contributed by atoms with Crippen molar-refractivity contribution in [2.24, 2.45) is 5.92 Å². The highest BCUT2D eigenvalue weighted by Crippen LogP contribution is 2.31. The lowest BCUT2D eigenvalue weighted by Gasteiger charge is -2.22. The van der Waals surface area contributed by atoms with Crippen LogP contribution >= 0.6 is 0 Å². The van der Waals surface area contributed by atoms with Crippen LogP contribution in [0.2, 0.25) is 0 Å². The monoisotopic (exact) mass is 496 g/mol. The molecule has 182 valence electrons. The van der Waals surface area contributed by atoms with Crippen molar-refractivity contribution in [1.29, 1.82) is 5.26 Å². The number of likely N-dealkylation sites (tertiary alicyclic amines) is 1. The first-order chi connectivity index (χ1) is 15.9. The lowest BCUT2D eigenvalue weighted by Crippen LogP contribution is -2.33. The van der Waals surface area contributed by atoms with Crippen molar-refractivity contribution in [3.63, 3.8) is 0 Å². The molecule has 2 aromatic carbocycles. The first kappa shape index (κ1) is 25.4. The fourth-order valence-electron chi connectivity index (χ4n) is 3.48. The second-order valence-electron chi connectivity index (χ2n) is 8.06. The first-order valence-electron chi connectivity index (χ1n) is 10.4. The van der Waals surface area contributed by atoms with Crippen molar-refractivity contribution >= 4 is 15.7 Å². The van der Waals surface area contributed by atoms with Crippen molar-refractivity contribution in [2.75, 3.05) is 26.0 Å². The average Bonchev–Trinajstić information content (AvgIpc) is 3.25. The van der Waals surface area contributed by atoms with Gasteiger partial charge in [0.1, 0.15) is 17.6 Å². The molecule has 0 aliphatic carbocycles. The van der Waals surface area contributed by atoms with Crippen molar-refractivity contribution in [3.8, 4) is 17.6 Å². The third kappa shape index (κ3) is 5.99. The van der Waals surface area contributed by atoms with Crippen LogP contribution in [0.5, 0.6) is 11.5 Å².